The number of amides is 1. The summed E-state index contributed by atoms with van der Waals surface area (Å²) < 4.78 is 0. The minimum Gasteiger partial charge on any atom is -0.348 e. The first-order valence-electron chi connectivity index (χ1n) is 7.48. The van der Waals surface area contributed by atoms with E-state index >= 15 is 0 Å². The molecule has 1 aliphatic rings. The first-order chi connectivity index (χ1) is 10.6. The molecular formula is C16H20N4OS. The predicted octanol–water partition coefficient (Wildman–Crippen LogP) is 2.54. The normalized spacial score (nSPS) is 18.5. The maximum Gasteiger partial charge on any atom is 0.252 e. The fourth-order valence-corrected chi connectivity index (χ4v) is 3.50. The van der Waals surface area contributed by atoms with Crippen molar-refractivity contribution in [3.63, 3.8) is 0 Å². The van der Waals surface area contributed by atoms with Crippen LogP contribution in [-0.2, 0) is 6.54 Å². The third-order valence-electron chi connectivity index (χ3n) is 4.08. The van der Waals surface area contributed by atoms with Gasteiger partial charge in [-0.2, -0.15) is 11.3 Å². The van der Waals surface area contributed by atoms with Crippen LogP contribution >= 0.6 is 11.3 Å². The average molecular weight is 316 g/mol. The Balaban J connectivity index is 1.77. The zero-order valence-electron chi connectivity index (χ0n) is 12.9. The van der Waals surface area contributed by atoms with Gasteiger partial charge in [0.05, 0.1) is 11.7 Å². The quantitative estimate of drug-likeness (QED) is 0.942. The van der Waals surface area contributed by atoms with Crippen molar-refractivity contribution in [1.82, 2.24) is 20.2 Å². The lowest BCUT2D eigenvalue weighted by molar-refractivity contribution is 0.0951. The average Bonchev–Trinajstić information content (AvgIpc) is 3.17. The first-order valence-corrected chi connectivity index (χ1v) is 8.42. The summed E-state index contributed by atoms with van der Waals surface area (Å²) in [7, 11) is 2.13. The third-order valence-corrected chi connectivity index (χ3v) is 4.76. The standard InChI is InChI=1S/C16H20N4OS/c1-11-17-8-13(9-18-16(21)12-5-7-22-10-12)15(19-11)14-4-3-6-20(14)2/h5,7-8,10,14H,3-4,6,9H2,1-2H3,(H,18,21)/t14-/m1/s1. The molecule has 1 N–H and O–H groups in total. The number of nitrogens with zero attached hydrogens (tertiary/aromatic N) is 3. The van der Waals surface area contributed by atoms with Gasteiger partial charge in [0.2, 0.25) is 0 Å². The molecule has 22 heavy (non-hydrogen) atoms. The Morgan fingerprint density at radius 1 is 1.55 bits per heavy atom. The van der Waals surface area contributed by atoms with E-state index in [1.54, 1.807) is 0 Å². The predicted molar refractivity (Wildman–Crippen MR) is 86.9 cm³/mol. The second kappa shape index (κ2) is 6.54. The molecule has 5 nitrogen and oxygen atoms in total. The summed E-state index contributed by atoms with van der Waals surface area (Å²) in [4.78, 5) is 23.4. The summed E-state index contributed by atoms with van der Waals surface area (Å²) in [6.45, 7) is 3.47. The van der Waals surface area contributed by atoms with Gasteiger partial charge in [-0.15, -0.1) is 0 Å². The Hall–Kier alpha value is -1.79. The molecule has 1 atom stereocenters. The van der Waals surface area contributed by atoms with Crippen LogP contribution < -0.4 is 5.32 Å². The fourth-order valence-electron chi connectivity index (χ4n) is 2.86. The molecule has 1 saturated heterocycles. The molecule has 0 bridgehead atoms. The summed E-state index contributed by atoms with van der Waals surface area (Å²) in [5.41, 5.74) is 2.77. The molecule has 6 heteroatoms. The molecule has 0 unspecified atom stereocenters. The number of aryl methyl sites for hydroxylation is 1. The number of nitrogens with one attached hydrogen (secondary N) is 1. The van der Waals surface area contributed by atoms with Crippen molar-refractivity contribution in [2.75, 3.05) is 13.6 Å². The molecule has 0 saturated carbocycles. The minimum absolute atomic E-state index is 0.0486. The molecule has 3 heterocycles. The summed E-state index contributed by atoms with van der Waals surface area (Å²) in [6, 6.07) is 2.16. The van der Waals surface area contributed by atoms with E-state index in [1.165, 1.54) is 17.8 Å². The molecular weight excluding hydrogens is 296 g/mol. The lowest BCUT2D eigenvalue weighted by Gasteiger charge is -2.21. The van der Waals surface area contributed by atoms with Gasteiger partial charge >= 0.3 is 0 Å². The number of rotatable bonds is 4. The number of carbonyl (C=O) groups excluding carboxylic acids is 1. The lowest BCUT2D eigenvalue weighted by Crippen LogP contribution is -2.26. The molecule has 116 valence electrons. The Labute approximate surface area is 134 Å². The van der Waals surface area contributed by atoms with Crippen LogP contribution in [0.5, 0.6) is 0 Å². The highest BCUT2D eigenvalue weighted by Crippen LogP contribution is 2.31. The van der Waals surface area contributed by atoms with Crippen LogP contribution in [0.25, 0.3) is 0 Å². The van der Waals surface area contributed by atoms with E-state index in [9.17, 15) is 4.79 Å². The van der Waals surface area contributed by atoms with Crippen LogP contribution in [0.2, 0.25) is 0 Å². The maximum atomic E-state index is 12.1. The Morgan fingerprint density at radius 2 is 2.41 bits per heavy atom. The number of likely N-dealkylation sites (tertiary alicyclic amines) is 1. The van der Waals surface area contributed by atoms with Gasteiger partial charge in [0.15, 0.2) is 0 Å². The third kappa shape index (κ3) is 3.18. The van der Waals surface area contributed by atoms with E-state index in [1.807, 2.05) is 29.9 Å². The van der Waals surface area contributed by atoms with Crippen molar-refractivity contribution in [1.29, 1.82) is 0 Å². The molecule has 3 rings (SSSR count). The van der Waals surface area contributed by atoms with E-state index in [0.717, 1.165) is 30.0 Å². The van der Waals surface area contributed by atoms with Crippen LogP contribution in [0.15, 0.2) is 23.0 Å². The monoisotopic (exact) mass is 316 g/mol. The summed E-state index contributed by atoms with van der Waals surface area (Å²) in [5.74, 6) is 0.732. The van der Waals surface area contributed by atoms with Crippen molar-refractivity contribution >= 4 is 17.2 Å². The number of hydrogen-bond donors (Lipinski definition) is 1. The summed E-state index contributed by atoms with van der Waals surface area (Å²) in [6.07, 6.45) is 4.14. The molecule has 2 aromatic rings. The van der Waals surface area contributed by atoms with Gasteiger partial charge in [-0.1, -0.05) is 0 Å². The Bertz CT molecular complexity index is 656. The highest BCUT2D eigenvalue weighted by Gasteiger charge is 2.26. The van der Waals surface area contributed by atoms with Gasteiger partial charge in [-0.05, 0) is 44.8 Å². The molecule has 1 aliphatic heterocycles. The van der Waals surface area contributed by atoms with Gasteiger partial charge in [0.1, 0.15) is 5.82 Å². The van der Waals surface area contributed by atoms with Crippen LogP contribution in [-0.4, -0.2) is 34.4 Å². The van der Waals surface area contributed by atoms with E-state index in [0.29, 0.717) is 18.2 Å². The summed E-state index contributed by atoms with van der Waals surface area (Å²) in [5, 5.41) is 6.73. The second-order valence-electron chi connectivity index (χ2n) is 5.66. The van der Waals surface area contributed by atoms with E-state index in [4.69, 9.17) is 0 Å². The minimum atomic E-state index is -0.0486. The molecule has 0 aliphatic carbocycles. The molecule has 1 fully saturated rings. The largest absolute Gasteiger partial charge is 0.348 e. The zero-order valence-corrected chi connectivity index (χ0v) is 13.7. The zero-order chi connectivity index (χ0) is 15.5. The highest BCUT2D eigenvalue weighted by atomic mass is 32.1. The number of hydrogen-bond acceptors (Lipinski definition) is 5. The van der Waals surface area contributed by atoms with E-state index in [-0.39, 0.29) is 5.91 Å². The van der Waals surface area contributed by atoms with Crippen LogP contribution in [0.3, 0.4) is 0 Å². The topological polar surface area (TPSA) is 58.1 Å². The molecule has 0 aromatic carbocycles. The van der Waals surface area contributed by atoms with Crippen molar-refractivity contribution in [2.45, 2.75) is 32.4 Å². The molecule has 1 amide bonds. The van der Waals surface area contributed by atoms with Gasteiger partial charge in [0.25, 0.3) is 5.91 Å². The smallest absolute Gasteiger partial charge is 0.252 e. The van der Waals surface area contributed by atoms with Gasteiger partial charge in [-0.3, -0.25) is 9.69 Å². The lowest BCUT2D eigenvalue weighted by atomic mass is 10.1. The number of thiophene rings is 1. The van der Waals surface area contributed by atoms with Crippen LogP contribution in [0.4, 0.5) is 0 Å². The van der Waals surface area contributed by atoms with Gasteiger partial charge in [0, 0.05) is 29.2 Å². The Morgan fingerprint density at radius 3 is 3.09 bits per heavy atom. The number of carbonyl (C=O) groups is 1. The van der Waals surface area contributed by atoms with Crippen molar-refractivity contribution in [3.8, 4) is 0 Å². The second-order valence-corrected chi connectivity index (χ2v) is 6.44. The van der Waals surface area contributed by atoms with E-state index in [2.05, 4.69) is 27.2 Å². The van der Waals surface area contributed by atoms with Crippen LogP contribution in [0.1, 0.15) is 46.3 Å². The first kappa shape index (κ1) is 15.1. The SMILES string of the molecule is Cc1ncc(CNC(=O)c2ccsc2)c([C@H]2CCCN2C)n1. The van der Waals surface area contributed by atoms with Crippen LogP contribution in [0, 0.1) is 6.92 Å². The van der Waals surface area contributed by atoms with Crippen molar-refractivity contribution in [2.24, 2.45) is 0 Å². The highest BCUT2D eigenvalue weighted by molar-refractivity contribution is 7.08. The van der Waals surface area contributed by atoms with E-state index < -0.39 is 0 Å². The summed E-state index contributed by atoms with van der Waals surface area (Å²) >= 11 is 1.52. The Kier molecular flexibility index (Phi) is 4.49. The fraction of sp³-hybridized carbons (Fsp3) is 0.438. The van der Waals surface area contributed by atoms with Crippen molar-refractivity contribution < 1.29 is 4.79 Å². The maximum absolute atomic E-state index is 12.1. The van der Waals surface area contributed by atoms with Gasteiger partial charge in [-0.25, -0.2) is 9.97 Å². The number of aromatic nitrogens is 2. The molecule has 0 spiro atoms. The van der Waals surface area contributed by atoms with Gasteiger partial charge < -0.3 is 5.32 Å². The van der Waals surface area contributed by atoms with Crippen molar-refractivity contribution in [3.05, 3.63) is 45.7 Å². The molecule has 0 radical (unpaired) electrons. The molecule has 2 aromatic heterocycles.